The summed E-state index contributed by atoms with van der Waals surface area (Å²) in [5.74, 6) is 0.0379. The van der Waals surface area contributed by atoms with Gasteiger partial charge in [0, 0.05) is 39.2 Å². The van der Waals surface area contributed by atoms with Gasteiger partial charge in [-0.1, -0.05) is 121 Å². The fourth-order valence-electron chi connectivity index (χ4n) is 8.16. The molecule has 0 N–H and O–H groups in total. The molecule has 2 heterocycles. The average molecular weight is 602 g/mol. The van der Waals surface area contributed by atoms with Crippen molar-refractivity contribution in [1.82, 2.24) is 4.57 Å². The zero-order valence-electron chi connectivity index (χ0n) is 26.0. The topological polar surface area (TPSA) is 32.0 Å². The second-order valence-electron chi connectivity index (χ2n) is 12.6. The van der Waals surface area contributed by atoms with Crippen molar-refractivity contribution in [2.75, 3.05) is 4.90 Å². The van der Waals surface area contributed by atoms with Crippen LogP contribution in [0.2, 0.25) is 0 Å². The Balaban J connectivity index is 1.35. The lowest BCUT2D eigenvalue weighted by Gasteiger charge is -2.45. The van der Waals surface area contributed by atoms with Crippen molar-refractivity contribution in [3.63, 3.8) is 0 Å². The quantitative estimate of drug-likeness (QED) is 0.201. The van der Waals surface area contributed by atoms with Crippen LogP contribution in [0.15, 0.2) is 164 Å². The molecule has 0 bridgehead atoms. The maximum atomic E-state index is 9.72. The highest BCUT2D eigenvalue weighted by Crippen LogP contribution is 2.59. The summed E-state index contributed by atoms with van der Waals surface area (Å²) in [4.78, 5) is 2.55. The molecule has 0 fully saturated rings. The number of allylic oxidation sites excluding steroid dienone is 2. The summed E-state index contributed by atoms with van der Waals surface area (Å²) >= 11 is 0. The number of benzene rings is 6. The van der Waals surface area contributed by atoms with E-state index in [1.165, 1.54) is 44.4 Å². The molecule has 2 unspecified atom stereocenters. The minimum Gasteiger partial charge on any atom is -0.330 e. The predicted molar refractivity (Wildman–Crippen MR) is 194 cm³/mol. The smallest absolute Gasteiger partial charge is 0.0991 e. The number of aromatic nitrogens is 1. The maximum absolute atomic E-state index is 9.72. The van der Waals surface area contributed by atoms with Crippen molar-refractivity contribution >= 4 is 38.8 Å². The van der Waals surface area contributed by atoms with Gasteiger partial charge in [-0.3, -0.25) is 0 Å². The summed E-state index contributed by atoms with van der Waals surface area (Å²) < 4.78 is 2.46. The van der Waals surface area contributed by atoms with E-state index in [9.17, 15) is 5.26 Å². The fourth-order valence-corrected chi connectivity index (χ4v) is 8.16. The van der Waals surface area contributed by atoms with Crippen LogP contribution in [0.4, 0.5) is 11.4 Å². The molecule has 2 atom stereocenters. The fraction of sp³-hybridized carbons (Fsp3) is 0.0682. The van der Waals surface area contributed by atoms with Crippen LogP contribution in [-0.2, 0) is 0 Å². The zero-order chi connectivity index (χ0) is 31.5. The number of nitriles is 1. The summed E-state index contributed by atoms with van der Waals surface area (Å²) in [5, 5.41) is 12.2. The second kappa shape index (κ2) is 10.5. The van der Waals surface area contributed by atoms with E-state index in [1.807, 2.05) is 18.2 Å². The molecule has 1 aliphatic heterocycles. The Morgan fingerprint density at radius 3 is 2.21 bits per heavy atom. The number of rotatable bonds is 4. The molecule has 7 aromatic rings. The molecule has 0 radical (unpaired) electrons. The van der Waals surface area contributed by atoms with Crippen molar-refractivity contribution in [2.45, 2.75) is 18.4 Å². The minimum absolute atomic E-state index is 0.0379. The monoisotopic (exact) mass is 601 g/mol. The third-order valence-electron chi connectivity index (χ3n) is 10.1. The average Bonchev–Trinajstić information content (AvgIpc) is 3.61. The highest BCUT2D eigenvalue weighted by atomic mass is 15.2. The van der Waals surface area contributed by atoms with Gasteiger partial charge in [-0.25, -0.2) is 0 Å². The lowest BCUT2D eigenvalue weighted by atomic mass is 9.71. The van der Waals surface area contributed by atoms with Crippen LogP contribution in [0.25, 0.3) is 44.2 Å². The van der Waals surface area contributed by atoms with Gasteiger partial charge in [-0.2, -0.15) is 5.26 Å². The Morgan fingerprint density at radius 2 is 1.36 bits per heavy atom. The summed E-state index contributed by atoms with van der Waals surface area (Å²) in [6, 6.07) is 54.0. The highest BCUT2D eigenvalue weighted by Gasteiger charge is 2.51. The largest absolute Gasteiger partial charge is 0.330 e. The molecule has 0 saturated heterocycles. The molecule has 1 aromatic heterocycles. The van der Waals surface area contributed by atoms with Gasteiger partial charge < -0.3 is 9.47 Å². The van der Waals surface area contributed by atoms with Gasteiger partial charge in [0.25, 0.3) is 0 Å². The SMILES string of the molecule is CC12C(=CC=CC1c1cccc3c4ccccc4n(-c4ccccc4-c4cccc(C#N)c4)c13)c1ccccc1N2c1ccccc1. The number of hydrogen-bond acceptors (Lipinski definition) is 2. The molecule has 0 spiro atoms. The van der Waals surface area contributed by atoms with Gasteiger partial charge in [0.15, 0.2) is 0 Å². The Labute approximate surface area is 274 Å². The van der Waals surface area contributed by atoms with E-state index in [-0.39, 0.29) is 11.5 Å². The molecule has 9 rings (SSSR count). The van der Waals surface area contributed by atoms with Crippen LogP contribution in [0.5, 0.6) is 0 Å². The molecule has 222 valence electrons. The van der Waals surface area contributed by atoms with Crippen LogP contribution >= 0.6 is 0 Å². The number of nitrogens with zero attached hydrogens (tertiary/aromatic N) is 3. The number of anilines is 2. The Kier molecular flexibility index (Phi) is 6.07. The first kappa shape index (κ1) is 27.2. The molecular weight excluding hydrogens is 571 g/mol. The van der Waals surface area contributed by atoms with Gasteiger partial charge in [0.1, 0.15) is 0 Å². The van der Waals surface area contributed by atoms with Crippen molar-refractivity contribution in [3.05, 3.63) is 181 Å². The van der Waals surface area contributed by atoms with Crippen LogP contribution < -0.4 is 4.90 Å². The molecule has 6 aromatic carbocycles. The van der Waals surface area contributed by atoms with E-state index in [2.05, 4.69) is 168 Å². The maximum Gasteiger partial charge on any atom is 0.0991 e. The molecular formula is C44H31N3. The first-order valence-electron chi connectivity index (χ1n) is 16.1. The predicted octanol–water partition coefficient (Wildman–Crippen LogP) is 11.0. The Bertz CT molecular complexity index is 2460. The lowest BCUT2D eigenvalue weighted by Crippen LogP contribution is -2.46. The number of para-hydroxylation sites is 5. The molecule has 2 aliphatic rings. The van der Waals surface area contributed by atoms with E-state index in [4.69, 9.17) is 0 Å². The summed E-state index contributed by atoms with van der Waals surface area (Å²) in [6.07, 6.45) is 6.95. The summed E-state index contributed by atoms with van der Waals surface area (Å²) in [7, 11) is 0. The first-order valence-corrected chi connectivity index (χ1v) is 16.1. The molecule has 0 amide bonds. The van der Waals surface area contributed by atoms with E-state index in [0.717, 1.165) is 22.3 Å². The van der Waals surface area contributed by atoms with Gasteiger partial charge in [0.05, 0.1) is 33.9 Å². The number of fused-ring (bicyclic) bond motifs is 6. The van der Waals surface area contributed by atoms with Crippen LogP contribution in [0.1, 0.15) is 29.5 Å². The van der Waals surface area contributed by atoms with Crippen molar-refractivity contribution in [2.24, 2.45) is 0 Å². The van der Waals surface area contributed by atoms with E-state index < -0.39 is 0 Å². The zero-order valence-corrected chi connectivity index (χ0v) is 26.0. The second-order valence-corrected chi connectivity index (χ2v) is 12.6. The minimum atomic E-state index is -0.379. The Hall–Kier alpha value is -6.11. The third-order valence-corrected chi connectivity index (χ3v) is 10.1. The normalized spacial score (nSPS) is 18.2. The molecule has 1 aliphatic carbocycles. The highest BCUT2D eigenvalue weighted by molar-refractivity contribution is 6.11. The van der Waals surface area contributed by atoms with Crippen molar-refractivity contribution in [1.29, 1.82) is 5.26 Å². The first-order chi connectivity index (χ1) is 23.2. The van der Waals surface area contributed by atoms with Crippen LogP contribution in [0, 0.1) is 11.3 Å². The molecule has 0 saturated carbocycles. The third kappa shape index (κ3) is 3.92. The van der Waals surface area contributed by atoms with Gasteiger partial charge in [-0.15, -0.1) is 0 Å². The summed E-state index contributed by atoms with van der Waals surface area (Å²) in [5.41, 5.74) is 12.2. The Morgan fingerprint density at radius 1 is 0.660 bits per heavy atom. The van der Waals surface area contributed by atoms with E-state index in [0.29, 0.717) is 5.56 Å². The van der Waals surface area contributed by atoms with Gasteiger partial charge >= 0.3 is 0 Å². The van der Waals surface area contributed by atoms with Crippen LogP contribution in [-0.4, -0.2) is 10.1 Å². The lowest BCUT2D eigenvalue weighted by molar-refractivity contribution is 0.539. The standard InChI is InChI=1S/C44H31N3/c1-44-38(36-20-7-10-27-42(36)47(44)32-16-3-2-4-17-32)23-13-24-39(44)37-22-12-21-35-34-19-6-9-26-41(34)46(43(35)37)40-25-8-5-18-33(40)31-15-11-14-30(28-31)29-45/h2-28,39H,1H3. The molecule has 3 nitrogen and oxygen atoms in total. The van der Waals surface area contributed by atoms with Gasteiger partial charge in [0.2, 0.25) is 0 Å². The van der Waals surface area contributed by atoms with E-state index >= 15 is 0 Å². The molecule has 47 heavy (non-hydrogen) atoms. The number of hydrogen-bond donors (Lipinski definition) is 0. The van der Waals surface area contributed by atoms with Crippen molar-refractivity contribution in [3.8, 4) is 22.9 Å². The van der Waals surface area contributed by atoms with Gasteiger partial charge in [-0.05, 0) is 66.1 Å². The molecule has 3 heteroatoms. The van der Waals surface area contributed by atoms with Crippen LogP contribution in [0.3, 0.4) is 0 Å². The van der Waals surface area contributed by atoms with E-state index in [1.54, 1.807) is 0 Å². The van der Waals surface area contributed by atoms with Crippen molar-refractivity contribution < 1.29 is 0 Å². The summed E-state index contributed by atoms with van der Waals surface area (Å²) in [6.45, 7) is 2.41.